The second-order valence-electron chi connectivity index (χ2n) is 5.28. The molecule has 1 fully saturated rings. The summed E-state index contributed by atoms with van der Waals surface area (Å²) < 4.78 is 23.4. The first-order valence-corrected chi connectivity index (χ1v) is 8.54. The van der Waals surface area contributed by atoms with Crippen LogP contribution in [0.5, 0.6) is 0 Å². The highest BCUT2D eigenvalue weighted by Crippen LogP contribution is 2.32. The molecule has 1 aromatic carbocycles. The Hall–Kier alpha value is -1.56. The van der Waals surface area contributed by atoms with Gasteiger partial charge in [0.2, 0.25) is 0 Å². The number of anilines is 1. The van der Waals surface area contributed by atoms with Gasteiger partial charge in [-0.15, -0.1) is 0 Å². The number of carboxylic acids is 1. The molecular weight excluding hydrogens is 278 g/mol. The number of para-hydroxylation sites is 1. The Bertz CT molecular complexity index is 597. The van der Waals surface area contributed by atoms with Crippen molar-refractivity contribution in [3.63, 3.8) is 0 Å². The maximum atomic E-state index is 11.7. The fraction of sp³-hybridized carbons (Fsp3) is 0.500. The second kappa shape index (κ2) is 5.83. The molecule has 2 unspecified atom stereocenters. The van der Waals surface area contributed by atoms with E-state index in [1.54, 1.807) is 24.3 Å². The van der Waals surface area contributed by atoms with Gasteiger partial charge >= 0.3 is 5.97 Å². The molecule has 0 amide bonds. The topological polar surface area (TPSA) is 83.5 Å². The summed E-state index contributed by atoms with van der Waals surface area (Å²) in [6, 6.07) is 6.71. The van der Waals surface area contributed by atoms with E-state index in [2.05, 4.69) is 5.32 Å². The molecule has 1 saturated carbocycles. The first-order chi connectivity index (χ1) is 9.39. The van der Waals surface area contributed by atoms with E-state index in [9.17, 15) is 13.2 Å². The Kier molecular flexibility index (Phi) is 4.32. The predicted molar refractivity (Wildman–Crippen MR) is 76.5 cm³/mol. The van der Waals surface area contributed by atoms with E-state index >= 15 is 0 Å². The molecule has 5 nitrogen and oxygen atoms in total. The molecule has 1 aliphatic carbocycles. The molecule has 2 N–H and O–H groups in total. The van der Waals surface area contributed by atoms with Crippen molar-refractivity contribution >= 4 is 21.5 Å². The van der Waals surface area contributed by atoms with Crippen LogP contribution >= 0.6 is 0 Å². The molecular formula is C14H19NO4S. The van der Waals surface area contributed by atoms with Crippen LogP contribution in [0.15, 0.2) is 29.2 Å². The molecule has 0 radical (unpaired) electrons. The van der Waals surface area contributed by atoms with Gasteiger partial charge in [0.1, 0.15) is 0 Å². The predicted octanol–water partition coefficient (Wildman–Crippen LogP) is 2.00. The van der Waals surface area contributed by atoms with Gasteiger partial charge in [-0.25, -0.2) is 8.42 Å². The van der Waals surface area contributed by atoms with Crippen molar-refractivity contribution < 1.29 is 18.3 Å². The Balaban J connectivity index is 2.10. The summed E-state index contributed by atoms with van der Waals surface area (Å²) in [6.07, 6.45) is 3.65. The van der Waals surface area contributed by atoms with E-state index in [1.165, 1.54) is 6.26 Å². The minimum absolute atomic E-state index is 0.0557. The quantitative estimate of drug-likeness (QED) is 0.868. The largest absolute Gasteiger partial charge is 0.481 e. The van der Waals surface area contributed by atoms with E-state index in [1.807, 2.05) is 0 Å². The summed E-state index contributed by atoms with van der Waals surface area (Å²) >= 11 is 0. The zero-order valence-corrected chi connectivity index (χ0v) is 12.2. The summed E-state index contributed by atoms with van der Waals surface area (Å²) in [6.45, 7) is 0.490. The summed E-state index contributed by atoms with van der Waals surface area (Å²) in [5.41, 5.74) is 0.547. The highest BCUT2D eigenvalue weighted by molar-refractivity contribution is 7.90. The first-order valence-electron chi connectivity index (χ1n) is 6.65. The fourth-order valence-electron chi connectivity index (χ4n) is 2.78. The molecule has 2 rings (SSSR count). The molecule has 1 aliphatic rings. The standard InChI is InChI=1S/C14H19NO4S/c1-20(18,19)13-8-3-2-7-12(13)15-9-10-5-4-6-11(10)14(16)17/h2-3,7-8,10-11,15H,4-6,9H2,1H3,(H,16,17). The lowest BCUT2D eigenvalue weighted by Crippen LogP contribution is -2.24. The van der Waals surface area contributed by atoms with Gasteiger partial charge in [0.25, 0.3) is 0 Å². The zero-order valence-electron chi connectivity index (χ0n) is 11.4. The maximum Gasteiger partial charge on any atom is 0.306 e. The van der Waals surface area contributed by atoms with Gasteiger partial charge in [0.15, 0.2) is 9.84 Å². The van der Waals surface area contributed by atoms with Crippen LogP contribution in [0.1, 0.15) is 19.3 Å². The molecule has 20 heavy (non-hydrogen) atoms. The molecule has 0 aromatic heterocycles. The third-order valence-corrected chi connectivity index (χ3v) is 4.97. The number of sulfone groups is 1. The monoisotopic (exact) mass is 297 g/mol. The SMILES string of the molecule is CS(=O)(=O)c1ccccc1NCC1CCCC1C(=O)O. The number of benzene rings is 1. The molecule has 1 aromatic rings. The van der Waals surface area contributed by atoms with Crippen molar-refractivity contribution in [3.8, 4) is 0 Å². The fourth-order valence-corrected chi connectivity index (χ4v) is 3.65. The Labute approximate surface area is 118 Å². The molecule has 0 bridgehead atoms. The number of rotatable bonds is 5. The molecule has 6 heteroatoms. The van der Waals surface area contributed by atoms with Gasteiger partial charge in [0.05, 0.1) is 16.5 Å². The number of carbonyl (C=O) groups is 1. The average Bonchev–Trinajstić information content (AvgIpc) is 2.84. The van der Waals surface area contributed by atoms with Crippen LogP contribution in [0.3, 0.4) is 0 Å². The zero-order chi connectivity index (χ0) is 14.8. The van der Waals surface area contributed by atoms with Crippen molar-refractivity contribution in [2.75, 3.05) is 18.1 Å². The normalized spacial score (nSPS) is 22.6. The smallest absolute Gasteiger partial charge is 0.306 e. The highest BCUT2D eigenvalue weighted by atomic mass is 32.2. The lowest BCUT2D eigenvalue weighted by atomic mass is 9.96. The number of nitrogens with one attached hydrogen (secondary N) is 1. The Morgan fingerprint density at radius 3 is 2.70 bits per heavy atom. The van der Waals surface area contributed by atoms with Gasteiger partial charge in [-0.05, 0) is 30.9 Å². The van der Waals surface area contributed by atoms with Gasteiger partial charge in [-0.3, -0.25) is 4.79 Å². The number of hydrogen-bond donors (Lipinski definition) is 2. The Morgan fingerprint density at radius 1 is 1.35 bits per heavy atom. The maximum absolute atomic E-state index is 11.7. The van der Waals surface area contributed by atoms with E-state index in [4.69, 9.17) is 5.11 Å². The number of hydrogen-bond acceptors (Lipinski definition) is 4. The van der Waals surface area contributed by atoms with Crippen LogP contribution < -0.4 is 5.32 Å². The highest BCUT2D eigenvalue weighted by Gasteiger charge is 2.32. The van der Waals surface area contributed by atoms with E-state index in [-0.39, 0.29) is 16.7 Å². The summed E-state index contributed by atoms with van der Waals surface area (Å²) in [5, 5.41) is 12.2. The van der Waals surface area contributed by atoms with Crippen LogP contribution in [0.4, 0.5) is 5.69 Å². The molecule has 0 aliphatic heterocycles. The summed E-state index contributed by atoms with van der Waals surface area (Å²) in [7, 11) is -3.29. The van der Waals surface area contributed by atoms with E-state index in [0.29, 0.717) is 18.7 Å². The summed E-state index contributed by atoms with van der Waals surface area (Å²) in [5.74, 6) is -1.03. The van der Waals surface area contributed by atoms with Crippen molar-refractivity contribution in [2.24, 2.45) is 11.8 Å². The molecule has 110 valence electrons. The second-order valence-corrected chi connectivity index (χ2v) is 7.27. The van der Waals surface area contributed by atoms with Crippen molar-refractivity contribution in [1.29, 1.82) is 0 Å². The number of carboxylic acid groups (broad SMARTS) is 1. The first kappa shape index (κ1) is 14.8. The van der Waals surface area contributed by atoms with Crippen LogP contribution in [-0.4, -0.2) is 32.3 Å². The molecule has 0 heterocycles. The molecule has 2 atom stereocenters. The van der Waals surface area contributed by atoms with Crippen molar-refractivity contribution in [2.45, 2.75) is 24.2 Å². The molecule has 0 spiro atoms. The third kappa shape index (κ3) is 3.30. The van der Waals surface area contributed by atoms with Gasteiger partial charge in [-0.2, -0.15) is 0 Å². The van der Waals surface area contributed by atoms with Crippen LogP contribution in [-0.2, 0) is 14.6 Å². The lowest BCUT2D eigenvalue weighted by Gasteiger charge is -2.18. The molecule has 0 saturated heterocycles. The third-order valence-electron chi connectivity index (χ3n) is 3.82. The minimum atomic E-state index is -3.29. The van der Waals surface area contributed by atoms with Gasteiger partial charge in [0, 0.05) is 12.8 Å². The van der Waals surface area contributed by atoms with Gasteiger partial charge < -0.3 is 10.4 Å². The Morgan fingerprint density at radius 2 is 2.05 bits per heavy atom. The van der Waals surface area contributed by atoms with Crippen LogP contribution in [0, 0.1) is 11.8 Å². The van der Waals surface area contributed by atoms with Crippen molar-refractivity contribution in [1.82, 2.24) is 0 Å². The van der Waals surface area contributed by atoms with Crippen LogP contribution in [0.2, 0.25) is 0 Å². The van der Waals surface area contributed by atoms with Gasteiger partial charge in [-0.1, -0.05) is 18.6 Å². The number of aliphatic carboxylic acids is 1. The average molecular weight is 297 g/mol. The van der Waals surface area contributed by atoms with E-state index < -0.39 is 15.8 Å². The van der Waals surface area contributed by atoms with E-state index in [0.717, 1.165) is 12.8 Å². The minimum Gasteiger partial charge on any atom is -0.481 e. The lowest BCUT2D eigenvalue weighted by molar-refractivity contribution is -0.142. The van der Waals surface area contributed by atoms with Crippen LogP contribution in [0.25, 0.3) is 0 Å². The summed E-state index contributed by atoms with van der Waals surface area (Å²) in [4.78, 5) is 11.4. The van der Waals surface area contributed by atoms with Crippen molar-refractivity contribution in [3.05, 3.63) is 24.3 Å².